The standard InChI is InChI=1S/C13H20N4O2/c1-19-8-5-14-13-15-9-11(10-16-13)12(18)17-6-3-2-4-7-17/h9-10H,2-8H2,1H3,(H,14,15,16). The van der Waals surface area contributed by atoms with Gasteiger partial charge >= 0.3 is 0 Å². The van der Waals surface area contributed by atoms with Crippen LogP contribution >= 0.6 is 0 Å². The topological polar surface area (TPSA) is 67.3 Å². The summed E-state index contributed by atoms with van der Waals surface area (Å²) in [6, 6.07) is 0. The van der Waals surface area contributed by atoms with E-state index >= 15 is 0 Å². The first-order chi connectivity index (χ1) is 9.31. The third kappa shape index (κ3) is 3.89. The van der Waals surface area contributed by atoms with Crippen LogP contribution in [0.5, 0.6) is 0 Å². The van der Waals surface area contributed by atoms with Gasteiger partial charge in [-0.05, 0) is 19.3 Å². The molecular weight excluding hydrogens is 244 g/mol. The van der Waals surface area contributed by atoms with Crippen LogP contribution in [0.2, 0.25) is 0 Å². The molecule has 2 rings (SSSR count). The molecule has 0 spiro atoms. The molecule has 1 aromatic rings. The monoisotopic (exact) mass is 264 g/mol. The summed E-state index contributed by atoms with van der Waals surface area (Å²) in [7, 11) is 1.64. The molecule has 0 saturated carbocycles. The molecular formula is C13H20N4O2. The van der Waals surface area contributed by atoms with Gasteiger partial charge in [0.15, 0.2) is 0 Å². The molecule has 6 heteroatoms. The lowest BCUT2D eigenvalue weighted by molar-refractivity contribution is 0.0723. The fraction of sp³-hybridized carbons (Fsp3) is 0.615. The van der Waals surface area contributed by atoms with Gasteiger partial charge in [-0.3, -0.25) is 4.79 Å². The number of rotatable bonds is 5. The van der Waals surface area contributed by atoms with Gasteiger partial charge in [0.25, 0.3) is 5.91 Å². The van der Waals surface area contributed by atoms with Crippen LogP contribution in [0.4, 0.5) is 5.95 Å². The van der Waals surface area contributed by atoms with Gasteiger partial charge in [0.05, 0.1) is 12.2 Å². The second-order valence-electron chi connectivity index (χ2n) is 4.57. The molecule has 0 unspecified atom stereocenters. The van der Waals surface area contributed by atoms with Crippen molar-refractivity contribution in [2.75, 3.05) is 38.7 Å². The molecule has 0 aliphatic carbocycles. The van der Waals surface area contributed by atoms with Gasteiger partial charge in [-0.25, -0.2) is 9.97 Å². The molecule has 1 aromatic heterocycles. The first-order valence-corrected chi connectivity index (χ1v) is 6.65. The first kappa shape index (κ1) is 13.7. The van der Waals surface area contributed by atoms with E-state index in [1.807, 2.05) is 4.90 Å². The molecule has 1 fully saturated rings. The van der Waals surface area contributed by atoms with Crippen molar-refractivity contribution in [3.05, 3.63) is 18.0 Å². The van der Waals surface area contributed by atoms with E-state index in [1.54, 1.807) is 19.5 Å². The lowest BCUT2D eigenvalue weighted by atomic mass is 10.1. The largest absolute Gasteiger partial charge is 0.383 e. The van der Waals surface area contributed by atoms with Crippen LogP contribution in [-0.2, 0) is 4.74 Å². The average molecular weight is 264 g/mol. The number of likely N-dealkylation sites (tertiary alicyclic amines) is 1. The van der Waals surface area contributed by atoms with Crippen molar-refractivity contribution in [2.45, 2.75) is 19.3 Å². The molecule has 104 valence electrons. The summed E-state index contributed by atoms with van der Waals surface area (Å²) < 4.78 is 4.93. The Labute approximate surface area is 113 Å². The lowest BCUT2D eigenvalue weighted by Gasteiger charge is -2.26. The van der Waals surface area contributed by atoms with E-state index in [1.165, 1.54) is 6.42 Å². The van der Waals surface area contributed by atoms with Gasteiger partial charge in [0.1, 0.15) is 0 Å². The van der Waals surface area contributed by atoms with E-state index in [0.717, 1.165) is 25.9 Å². The van der Waals surface area contributed by atoms with Crippen molar-refractivity contribution < 1.29 is 9.53 Å². The molecule has 0 aromatic carbocycles. The Balaban J connectivity index is 1.91. The maximum atomic E-state index is 12.2. The highest BCUT2D eigenvalue weighted by Gasteiger charge is 2.18. The van der Waals surface area contributed by atoms with Crippen LogP contribution in [0.3, 0.4) is 0 Å². The zero-order chi connectivity index (χ0) is 13.5. The predicted molar refractivity (Wildman–Crippen MR) is 72.2 cm³/mol. The highest BCUT2D eigenvalue weighted by Crippen LogP contribution is 2.12. The molecule has 19 heavy (non-hydrogen) atoms. The summed E-state index contributed by atoms with van der Waals surface area (Å²) in [5.74, 6) is 0.551. The molecule has 2 heterocycles. The molecule has 1 aliphatic rings. The number of ether oxygens (including phenoxy) is 1. The summed E-state index contributed by atoms with van der Waals surface area (Å²) in [5, 5.41) is 3.02. The number of nitrogens with zero attached hydrogens (tertiary/aromatic N) is 3. The van der Waals surface area contributed by atoms with E-state index in [9.17, 15) is 4.79 Å². The minimum Gasteiger partial charge on any atom is -0.383 e. The molecule has 0 radical (unpaired) electrons. The van der Waals surface area contributed by atoms with Gasteiger partial charge in [0.2, 0.25) is 5.95 Å². The Hall–Kier alpha value is -1.69. The number of carbonyl (C=O) groups excluding carboxylic acids is 1. The zero-order valence-corrected chi connectivity index (χ0v) is 11.3. The SMILES string of the molecule is COCCNc1ncc(C(=O)N2CCCCC2)cn1. The van der Waals surface area contributed by atoms with Crippen molar-refractivity contribution in [3.63, 3.8) is 0 Å². The third-order valence-electron chi connectivity index (χ3n) is 3.13. The second-order valence-corrected chi connectivity index (χ2v) is 4.57. The fourth-order valence-corrected chi connectivity index (χ4v) is 2.07. The average Bonchev–Trinajstić information content (AvgIpc) is 2.48. The Morgan fingerprint density at radius 1 is 1.32 bits per heavy atom. The molecule has 1 N–H and O–H groups in total. The van der Waals surface area contributed by atoms with Crippen LogP contribution in [0.25, 0.3) is 0 Å². The van der Waals surface area contributed by atoms with Gasteiger partial charge in [-0.1, -0.05) is 0 Å². The van der Waals surface area contributed by atoms with Crippen LogP contribution in [0, 0.1) is 0 Å². The van der Waals surface area contributed by atoms with Crippen LogP contribution < -0.4 is 5.32 Å². The summed E-state index contributed by atoms with van der Waals surface area (Å²) in [4.78, 5) is 22.3. The maximum Gasteiger partial charge on any atom is 0.256 e. The van der Waals surface area contributed by atoms with Crippen molar-refractivity contribution in [1.29, 1.82) is 0 Å². The van der Waals surface area contributed by atoms with Crippen molar-refractivity contribution in [2.24, 2.45) is 0 Å². The fourth-order valence-electron chi connectivity index (χ4n) is 2.07. The van der Waals surface area contributed by atoms with Gasteiger partial charge in [0, 0.05) is 39.1 Å². The summed E-state index contributed by atoms with van der Waals surface area (Å²) in [6.45, 7) is 2.92. The Morgan fingerprint density at radius 2 is 2.00 bits per heavy atom. The van der Waals surface area contributed by atoms with Crippen molar-refractivity contribution in [3.8, 4) is 0 Å². The number of hydrogen-bond donors (Lipinski definition) is 1. The maximum absolute atomic E-state index is 12.2. The smallest absolute Gasteiger partial charge is 0.256 e. The summed E-state index contributed by atoms with van der Waals surface area (Å²) in [6.07, 6.45) is 6.55. The van der Waals surface area contributed by atoms with Gasteiger partial charge in [-0.15, -0.1) is 0 Å². The quantitative estimate of drug-likeness (QED) is 0.808. The number of anilines is 1. The van der Waals surface area contributed by atoms with Crippen molar-refractivity contribution >= 4 is 11.9 Å². The van der Waals surface area contributed by atoms with Gasteiger partial charge < -0.3 is 15.0 Å². The third-order valence-corrected chi connectivity index (χ3v) is 3.13. The van der Waals surface area contributed by atoms with E-state index in [2.05, 4.69) is 15.3 Å². The van der Waals surface area contributed by atoms with E-state index in [4.69, 9.17) is 4.74 Å². The van der Waals surface area contributed by atoms with Crippen LogP contribution in [0.15, 0.2) is 12.4 Å². The van der Waals surface area contributed by atoms with Crippen molar-refractivity contribution in [1.82, 2.24) is 14.9 Å². The lowest BCUT2D eigenvalue weighted by Crippen LogP contribution is -2.35. The normalized spacial score (nSPS) is 15.3. The van der Waals surface area contributed by atoms with Gasteiger partial charge in [-0.2, -0.15) is 0 Å². The number of aromatic nitrogens is 2. The highest BCUT2D eigenvalue weighted by atomic mass is 16.5. The minimum absolute atomic E-state index is 0.0307. The number of hydrogen-bond acceptors (Lipinski definition) is 5. The molecule has 1 aliphatic heterocycles. The van der Waals surface area contributed by atoms with E-state index < -0.39 is 0 Å². The molecule has 0 bridgehead atoms. The molecule has 0 atom stereocenters. The molecule has 1 saturated heterocycles. The zero-order valence-electron chi connectivity index (χ0n) is 11.3. The minimum atomic E-state index is 0.0307. The van der Waals surface area contributed by atoms with Crippen LogP contribution in [0.1, 0.15) is 29.6 Å². The number of amides is 1. The Kier molecular flexibility index (Phi) is 5.09. The van der Waals surface area contributed by atoms with E-state index in [-0.39, 0.29) is 5.91 Å². The number of carbonyl (C=O) groups is 1. The number of nitrogens with one attached hydrogen (secondary N) is 1. The number of piperidine rings is 1. The predicted octanol–water partition coefficient (Wildman–Crippen LogP) is 1.16. The number of methoxy groups -OCH3 is 1. The summed E-state index contributed by atoms with van der Waals surface area (Å²) >= 11 is 0. The molecule has 1 amide bonds. The Bertz CT molecular complexity index is 402. The second kappa shape index (κ2) is 7.04. The highest BCUT2D eigenvalue weighted by molar-refractivity contribution is 5.93. The first-order valence-electron chi connectivity index (χ1n) is 6.65. The Morgan fingerprint density at radius 3 is 2.63 bits per heavy atom. The van der Waals surface area contributed by atoms with Crippen LogP contribution in [-0.4, -0.2) is 54.1 Å². The molecule has 6 nitrogen and oxygen atoms in total. The van der Waals surface area contributed by atoms with E-state index in [0.29, 0.717) is 24.7 Å². The summed E-state index contributed by atoms with van der Waals surface area (Å²) in [5.41, 5.74) is 0.555.